The van der Waals surface area contributed by atoms with E-state index in [1.165, 1.54) is 19.3 Å². The normalized spacial score (nSPS) is 19.1. The van der Waals surface area contributed by atoms with Crippen LogP contribution in [0.15, 0.2) is 40.9 Å². The summed E-state index contributed by atoms with van der Waals surface area (Å²) in [5, 5.41) is 6.20. The number of hydrogen-bond acceptors (Lipinski definition) is 5. The second-order valence-electron chi connectivity index (χ2n) is 7.20. The minimum absolute atomic E-state index is 0.0780. The molecule has 0 atom stereocenters. The monoisotopic (exact) mass is 412 g/mol. The van der Waals surface area contributed by atoms with Gasteiger partial charge in [-0.1, -0.05) is 11.6 Å². The highest BCUT2D eigenvalue weighted by Crippen LogP contribution is 2.34. The van der Waals surface area contributed by atoms with Crippen molar-refractivity contribution in [3.63, 3.8) is 0 Å². The number of aromatic nitrogens is 2. The van der Waals surface area contributed by atoms with Crippen LogP contribution < -0.4 is 10.6 Å². The average molecular weight is 413 g/mol. The van der Waals surface area contributed by atoms with E-state index < -0.39 is 0 Å². The maximum Gasteiger partial charge on any atom is 0.269 e. The number of benzene rings is 1. The van der Waals surface area contributed by atoms with Gasteiger partial charge in [0.25, 0.3) is 11.8 Å². The molecule has 0 saturated heterocycles. The number of nitrogens with one attached hydrogen (secondary N) is 2. The van der Waals surface area contributed by atoms with E-state index in [4.69, 9.17) is 16.0 Å². The number of hydrogen-bond donors (Lipinski definition) is 2. The van der Waals surface area contributed by atoms with Gasteiger partial charge in [0.15, 0.2) is 11.5 Å². The standard InChI is InChI=1S/C21H21ClN4O3/c1-23-20(28)17-10-13(8-9-24-17)19(27)25-15-5-2-12(3-6-15)21-26-16-11-14(22)4-7-18(16)29-21/h4,7-12,15H,2-3,5-6H2,1H3,(H,23,28)(H,25,27). The largest absolute Gasteiger partial charge is 0.440 e. The van der Waals surface area contributed by atoms with Crippen molar-refractivity contribution in [1.29, 1.82) is 0 Å². The number of amides is 2. The molecule has 2 N–H and O–H groups in total. The van der Waals surface area contributed by atoms with E-state index in [1.54, 1.807) is 18.2 Å². The number of nitrogens with zero attached hydrogens (tertiary/aromatic N) is 2. The van der Waals surface area contributed by atoms with Gasteiger partial charge in [-0.2, -0.15) is 0 Å². The van der Waals surface area contributed by atoms with E-state index in [2.05, 4.69) is 20.6 Å². The van der Waals surface area contributed by atoms with Crippen molar-refractivity contribution in [2.75, 3.05) is 7.05 Å². The fraction of sp³-hybridized carbons (Fsp3) is 0.333. The van der Waals surface area contributed by atoms with Crippen LogP contribution in [0.3, 0.4) is 0 Å². The number of oxazole rings is 1. The summed E-state index contributed by atoms with van der Waals surface area (Å²) in [6.45, 7) is 0. The number of halogens is 1. The molecule has 2 heterocycles. The SMILES string of the molecule is CNC(=O)c1cc(C(=O)NC2CCC(c3nc4cc(Cl)ccc4o3)CC2)ccn1. The Morgan fingerprint density at radius 2 is 1.90 bits per heavy atom. The molecule has 0 spiro atoms. The Labute approximate surface area is 172 Å². The second kappa shape index (κ2) is 8.21. The minimum atomic E-state index is -0.320. The summed E-state index contributed by atoms with van der Waals surface area (Å²) in [4.78, 5) is 32.8. The maximum absolute atomic E-state index is 12.6. The van der Waals surface area contributed by atoms with Crippen molar-refractivity contribution in [3.8, 4) is 0 Å². The molecule has 1 saturated carbocycles. The van der Waals surface area contributed by atoms with Gasteiger partial charge in [-0.25, -0.2) is 4.98 Å². The van der Waals surface area contributed by atoms with Crippen molar-refractivity contribution >= 4 is 34.5 Å². The molecule has 3 aromatic rings. The van der Waals surface area contributed by atoms with Crippen LogP contribution in [0, 0.1) is 0 Å². The Morgan fingerprint density at radius 3 is 2.66 bits per heavy atom. The Balaban J connectivity index is 1.37. The maximum atomic E-state index is 12.6. The fourth-order valence-electron chi connectivity index (χ4n) is 3.67. The van der Waals surface area contributed by atoms with Crippen LogP contribution >= 0.6 is 11.6 Å². The number of rotatable bonds is 4. The van der Waals surface area contributed by atoms with Crippen molar-refractivity contribution in [1.82, 2.24) is 20.6 Å². The lowest BCUT2D eigenvalue weighted by atomic mass is 9.86. The van der Waals surface area contributed by atoms with Crippen LogP contribution in [-0.2, 0) is 0 Å². The van der Waals surface area contributed by atoms with Gasteiger partial charge in [0, 0.05) is 35.8 Å². The van der Waals surface area contributed by atoms with Crippen LogP contribution in [0.5, 0.6) is 0 Å². The van der Waals surface area contributed by atoms with Crippen LogP contribution in [0.25, 0.3) is 11.1 Å². The fourth-order valence-corrected chi connectivity index (χ4v) is 3.84. The molecular formula is C21H21ClN4O3. The molecule has 4 rings (SSSR count). The number of carbonyl (C=O) groups is 2. The van der Waals surface area contributed by atoms with Gasteiger partial charge in [0.2, 0.25) is 0 Å². The van der Waals surface area contributed by atoms with Gasteiger partial charge in [-0.3, -0.25) is 14.6 Å². The van der Waals surface area contributed by atoms with Gasteiger partial charge in [0.05, 0.1) is 0 Å². The lowest BCUT2D eigenvalue weighted by Crippen LogP contribution is -2.37. The molecule has 1 aliphatic rings. The molecule has 2 aromatic heterocycles. The van der Waals surface area contributed by atoms with Crippen LogP contribution in [0.1, 0.15) is 58.3 Å². The number of carbonyl (C=O) groups excluding carboxylic acids is 2. The quantitative estimate of drug-likeness (QED) is 0.681. The zero-order valence-electron chi connectivity index (χ0n) is 15.9. The van der Waals surface area contributed by atoms with E-state index in [0.29, 0.717) is 10.6 Å². The summed E-state index contributed by atoms with van der Waals surface area (Å²) >= 11 is 6.02. The molecular weight excluding hydrogens is 392 g/mol. The smallest absolute Gasteiger partial charge is 0.269 e. The summed E-state index contributed by atoms with van der Waals surface area (Å²) in [6.07, 6.45) is 4.90. The molecule has 1 fully saturated rings. The first-order chi connectivity index (χ1) is 14.0. The molecule has 0 radical (unpaired) electrons. The van der Waals surface area contributed by atoms with Gasteiger partial charge in [-0.15, -0.1) is 0 Å². The summed E-state index contributed by atoms with van der Waals surface area (Å²) < 4.78 is 5.89. The Hall–Kier alpha value is -2.93. The summed E-state index contributed by atoms with van der Waals surface area (Å²) in [6, 6.07) is 8.62. The molecule has 2 amide bonds. The van der Waals surface area contributed by atoms with E-state index in [0.717, 1.165) is 42.7 Å². The predicted molar refractivity (Wildman–Crippen MR) is 109 cm³/mol. The Bertz CT molecular complexity index is 1060. The molecule has 7 nitrogen and oxygen atoms in total. The van der Waals surface area contributed by atoms with E-state index >= 15 is 0 Å². The first-order valence-electron chi connectivity index (χ1n) is 9.58. The minimum Gasteiger partial charge on any atom is -0.440 e. The van der Waals surface area contributed by atoms with E-state index in [-0.39, 0.29) is 29.5 Å². The zero-order chi connectivity index (χ0) is 20.4. The third kappa shape index (κ3) is 4.24. The average Bonchev–Trinajstić information content (AvgIpc) is 3.17. The van der Waals surface area contributed by atoms with Crippen molar-refractivity contribution in [3.05, 3.63) is 58.7 Å². The molecule has 8 heteroatoms. The molecule has 0 unspecified atom stereocenters. The van der Waals surface area contributed by atoms with Crippen LogP contribution in [0.4, 0.5) is 0 Å². The summed E-state index contributed by atoms with van der Waals surface area (Å²) in [5.74, 6) is 0.448. The van der Waals surface area contributed by atoms with Gasteiger partial charge in [-0.05, 0) is 56.0 Å². The molecule has 0 aliphatic heterocycles. The highest BCUT2D eigenvalue weighted by Gasteiger charge is 2.27. The van der Waals surface area contributed by atoms with Crippen molar-refractivity contribution in [2.24, 2.45) is 0 Å². The summed E-state index contributed by atoms with van der Waals surface area (Å²) in [5.41, 5.74) is 2.16. The van der Waals surface area contributed by atoms with E-state index in [9.17, 15) is 9.59 Å². The second-order valence-corrected chi connectivity index (χ2v) is 7.63. The van der Waals surface area contributed by atoms with Gasteiger partial charge >= 0.3 is 0 Å². The highest BCUT2D eigenvalue weighted by molar-refractivity contribution is 6.31. The van der Waals surface area contributed by atoms with Gasteiger partial charge in [0.1, 0.15) is 11.2 Å². The third-order valence-corrected chi connectivity index (χ3v) is 5.49. The van der Waals surface area contributed by atoms with Crippen LogP contribution in [0.2, 0.25) is 5.02 Å². The molecule has 0 bridgehead atoms. The Morgan fingerprint density at radius 1 is 1.10 bits per heavy atom. The highest BCUT2D eigenvalue weighted by atomic mass is 35.5. The van der Waals surface area contributed by atoms with Crippen molar-refractivity contribution < 1.29 is 14.0 Å². The first-order valence-corrected chi connectivity index (χ1v) is 9.96. The lowest BCUT2D eigenvalue weighted by molar-refractivity contribution is 0.0925. The van der Waals surface area contributed by atoms with E-state index in [1.807, 2.05) is 6.07 Å². The molecule has 150 valence electrons. The summed E-state index contributed by atoms with van der Waals surface area (Å²) in [7, 11) is 1.53. The lowest BCUT2D eigenvalue weighted by Gasteiger charge is -2.27. The predicted octanol–water partition coefficient (Wildman–Crippen LogP) is 3.69. The van der Waals surface area contributed by atoms with Gasteiger partial charge < -0.3 is 15.1 Å². The number of fused-ring (bicyclic) bond motifs is 1. The van der Waals surface area contributed by atoms with Crippen LogP contribution in [-0.4, -0.2) is 34.9 Å². The Kier molecular flexibility index (Phi) is 5.49. The topological polar surface area (TPSA) is 97.1 Å². The number of pyridine rings is 1. The van der Waals surface area contributed by atoms with Crippen molar-refractivity contribution in [2.45, 2.75) is 37.6 Å². The third-order valence-electron chi connectivity index (χ3n) is 5.26. The zero-order valence-corrected chi connectivity index (χ0v) is 16.7. The first kappa shape index (κ1) is 19.4. The molecule has 1 aromatic carbocycles. The molecule has 1 aliphatic carbocycles. The molecule has 29 heavy (non-hydrogen) atoms.